The Hall–Kier alpha value is -3.56. The molecule has 0 radical (unpaired) electrons. The van der Waals surface area contributed by atoms with Crippen molar-refractivity contribution in [2.24, 2.45) is 0 Å². The summed E-state index contributed by atoms with van der Waals surface area (Å²) in [5.41, 5.74) is -0.0543. The van der Waals surface area contributed by atoms with E-state index >= 15 is 0 Å². The lowest BCUT2D eigenvalue weighted by atomic mass is 9.95. The maximum absolute atomic E-state index is 14.9. The summed E-state index contributed by atoms with van der Waals surface area (Å²) < 4.78 is 34.5. The average Bonchev–Trinajstić information content (AvgIpc) is 3.44. The highest BCUT2D eigenvalue weighted by molar-refractivity contribution is 7.22. The standard InChI is InChI=1S/C23H13ClF2N2O4S/c1-10-2-7-16(32-10)20(29)18-19(13-5-4-12(25)9-14(13)26)28(22(31)21(18)30)23-27-15-6-3-11(24)8-17(15)33-23/h2-9,19,30H,1H3. The van der Waals surface area contributed by atoms with E-state index < -0.39 is 40.7 Å². The molecule has 5 rings (SSSR count). The molecular weight excluding hydrogens is 474 g/mol. The van der Waals surface area contributed by atoms with Crippen LogP contribution in [0.25, 0.3) is 10.2 Å². The van der Waals surface area contributed by atoms with Crippen LogP contribution in [0.1, 0.15) is 27.9 Å². The molecule has 6 nitrogen and oxygen atoms in total. The van der Waals surface area contributed by atoms with Gasteiger partial charge in [0.2, 0.25) is 5.78 Å². The second-order valence-corrected chi connectivity index (χ2v) is 8.80. The number of hydrogen-bond donors (Lipinski definition) is 1. The van der Waals surface area contributed by atoms with Gasteiger partial charge in [-0.2, -0.15) is 0 Å². The van der Waals surface area contributed by atoms with E-state index in [0.29, 0.717) is 27.1 Å². The van der Waals surface area contributed by atoms with Crippen LogP contribution in [-0.2, 0) is 4.79 Å². The van der Waals surface area contributed by atoms with Crippen LogP contribution in [0.15, 0.2) is 64.3 Å². The molecule has 1 N–H and O–H groups in total. The van der Waals surface area contributed by atoms with Gasteiger partial charge in [-0.25, -0.2) is 13.8 Å². The lowest BCUT2D eigenvalue weighted by molar-refractivity contribution is -0.117. The fourth-order valence-electron chi connectivity index (χ4n) is 3.73. The third-order valence-electron chi connectivity index (χ3n) is 5.22. The first-order valence-electron chi connectivity index (χ1n) is 9.63. The summed E-state index contributed by atoms with van der Waals surface area (Å²) in [5, 5.41) is 11.3. The number of aryl methyl sites for hydroxylation is 1. The summed E-state index contributed by atoms with van der Waals surface area (Å²) in [6.07, 6.45) is 0. The SMILES string of the molecule is Cc1ccc(C(=O)C2=C(O)C(=O)N(c3nc4ccc(Cl)cc4s3)C2c2ccc(F)cc2F)o1. The topological polar surface area (TPSA) is 83.6 Å². The number of Topliss-reactive ketones (excluding diaryl/α,β-unsaturated/α-hetero) is 1. The van der Waals surface area contributed by atoms with Crippen LogP contribution in [-0.4, -0.2) is 21.8 Å². The van der Waals surface area contributed by atoms with Crippen molar-refractivity contribution in [2.75, 3.05) is 4.90 Å². The van der Waals surface area contributed by atoms with E-state index in [1.54, 1.807) is 31.2 Å². The highest BCUT2D eigenvalue weighted by Gasteiger charge is 2.47. The molecule has 166 valence electrons. The maximum Gasteiger partial charge on any atom is 0.296 e. The van der Waals surface area contributed by atoms with Crippen molar-refractivity contribution in [3.05, 3.63) is 93.6 Å². The first-order chi connectivity index (χ1) is 15.7. The molecule has 0 fully saturated rings. The third kappa shape index (κ3) is 3.49. The van der Waals surface area contributed by atoms with Gasteiger partial charge in [0.05, 0.1) is 15.8 Å². The van der Waals surface area contributed by atoms with Crippen LogP contribution in [0.3, 0.4) is 0 Å². The molecule has 0 spiro atoms. The van der Waals surface area contributed by atoms with Gasteiger partial charge < -0.3 is 9.52 Å². The van der Waals surface area contributed by atoms with Crippen molar-refractivity contribution in [2.45, 2.75) is 13.0 Å². The number of anilines is 1. The minimum Gasteiger partial charge on any atom is -0.503 e. The van der Waals surface area contributed by atoms with Crippen molar-refractivity contribution in [1.29, 1.82) is 0 Å². The van der Waals surface area contributed by atoms with E-state index in [1.165, 1.54) is 6.07 Å². The van der Waals surface area contributed by atoms with Gasteiger partial charge in [0.25, 0.3) is 5.91 Å². The molecule has 1 unspecified atom stereocenters. The number of fused-ring (bicyclic) bond motifs is 1. The highest BCUT2D eigenvalue weighted by Crippen LogP contribution is 2.45. The molecule has 2 aromatic carbocycles. The minimum atomic E-state index is -1.40. The number of halogens is 3. The summed E-state index contributed by atoms with van der Waals surface area (Å²) in [5.74, 6) is -4.11. The van der Waals surface area contributed by atoms with Gasteiger partial charge in [-0.3, -0.25) is 14.5 Å². The number of ketones is 1. The first kappa shape index (κ1) is 21.3. The monoisotopic (exact) mass is 486 g/mol. The van der Waals surface area contributed by atoms with Gasteiger partial charge in [0.1, 0.15) is 23.4 Å². The molecule has 0 bridgehead atoms. The van der Waals surface area contributed by atoms with Gasteiger partial charge in [-0.1, -0.05) is 29.0 Å². The van der Waals surface area contributed by atoms with Crippen molar-refractivity contribution in [1.82, 2.24) is 4.98 Å². The summed E-state index contributed by atoms with van der Waals surface area (Å²) in [4.78, 5) is 31.8. The van der Waals surface area contributed by atoms with E-state index in [1.807, 2.05) is 0 Å². The molecule has 1 aliphatic rings. The Morgan fingerprint density at radius 3 is 2.67 bits per heavy atom. The average molecular weight is 487 g/mol. The molecule has 2 aromatic heterocycles. The van der Waals surface area contributed by atoms with Crippen molar-refractivity contribution >= 4 is 50.0 Å². The largest absolute Gasteiger partial charge is 0.503 e. The van der Waals surface area contributed by atoms with Crippen molar-refractivity contribution < 1.29 is 27.9 Å². The Bertz CT molecular complexity index is 1490. The van der Waals surface area contributed by atoms with Gasteiger partial charge in [0.15, 0.2) is 16.7 Å². The zero-order chi connectivity index (χ0) is 23.4. The Kier molecular flexibility index (Phi) is 5.02. The number of carbonyl (C=O) groups is 2. The second-order valence-electron chi connectivity index (χ2n) is 7.35. The number of rotatable bonds is 4. The molecule has 1 aliphatic heterocycles. The molecular formula is C23H13ClF2N2O4S. The number of nitrogens with zero attached hydrogens (tertiary/aromatic N) is 2. The normalized spacial score (nSPS) is 16.3. The van der Waals surface area contributed by atoms with Gasteiger partial charge in [-0.15, -0.1) is 0 Å². The predicted molar refractivity (Wildman–Crippen MR) is 119 cm³/mol. The number of aliphatic hydroxyl groups excluding tert-OH is 1. The Morgan fingerprint density at radius 1 is 1.18 bits per heavy atom. The number of amides is 1. The second kappa shape index (κ2) is 7.79. The molecule has 33 heavy (non-hydrogen) atoms. The molecule has 0 aliphatic carbocycles. The number of furan rings is 1. The molecule has 3 heterocycles. The predicted octanol–water partition coefficient (Wildman–Crippen LogP) is 5.91. The Labute approximate surface area is 194 Å². The van der Waals surface area contributed by atoms with Crippen molar-refractivity contribution in [3.8, 4) is 0 Å². The summed E-state index contributed by atoms with van der Waals surface area (Å²) in [7, 11) is 0. The Morgan fingerprint density at radius 2 is 1.97 bits per heavy atom. The van der Waals surface area contributed by atoms with Crippen LogP contribution < -0.4 is 4.90 Å². The zero-order valence-electron chi connectivity index (χ0n) is 16.8. The number of carbonyl (C=O) groups excluding carboxylic acids is 2. The number of benzene rings is 2. The number of hydrogen-bond acceptors (Lipinski definition) is 6. The third-order valence-corrected chi connectivity index (χ3v) is 6.47. The van der Waals surface area contributed by atoms with Gasteiger partial charge >= 0.3 is 0 Å². The number of aliphatic hydroxyl groups is 1. The van der Waals surface area contributed by atoms with Crippen LogP contribution in [0, 0.1) is 18.6 Å². The zero-order valence-corrected chi connectivity index (χ0v) is 18.4. The van der Waals surface area contributed by atoms with Gasteiger partial charge in [0, 0.05) is 16.7 Å². The van der Waals surface area contributed by atoms with E-state index in [0.717, 1.165) is 28.4 Å². The van der Waals surface area contributed by atoms with Crippen LogP contribution in [0.4, 0.5) is 13.9 Å². The Balaban J connectivity index is 1.71. The lowest BCUT2D eigenvalue weighted by Gasteiger charge is -2.24. The lowest BCUT2D eigenvalue weighted by Crippen LogP contribution is -2.31. The molecule has 4 aromatic rings. The summed E-state index contributed by atoms with van der Waals surface area (Å²) in [6, 6.07) is 9.24. The fraction of sp³-hybridized carbons (Fsp3) is 0.0870. The molecule has 0 saturated heterocycles. The quantitative estimate of drug-likeness (QED) is 0.362. The first-order valence-corrected chi connectivity index (χ1v) is 10.8. The van der Waals surface area contributed by atoms with E-state index in [4.69, 9.17) is 16.0 Å². The fourth-order valence-corrected chi connectivity index (χ4v) is 5.00. The van der Waals surface area contributed by atoms with Gasteiger partial charge in [-0.05, 0) is 43.3 Å². The maximum atomic E-state index is 14.9. The molecule has 1 atom stereocenters. The molecule has 10 heteroatoms. The van der Waals surface area contributed by atoms with E-state index in [9.17, 15) is 23.5 Å². The molecule has 1 amide bonds. The number of thiazole rings is 1. The minimum absolute atomic E-state index is 0.107. The smallest absolute Gasteiger partial charge is 0.296 e. The summed E-state index contributed by atoms with van der Waals surface area (Å²) in [6.45, 7) is 1.63. The van der Waals surface area contributed by atoms with E-state index in [-0.39, 0.29) is 16.5 Å². The highest BCUT2D eigenvalue weighted by atomic mass is 35.5. The summed E-state index contributed by atoms with van der Waals surface area (Å²) >= 11 is 7.12. The van der Waals surface area contributed by atoms with Crippen molar-refractivity contribution in [3.63, 3.8) is 0 Å². The number of aromatic nitrogens is 1. The van der Waals surface area contributed by atoms with Crippen LogP contribution in [0.2, 0.25) is 5.02 Å². The van der Waals surface area contributed by atoms with Crippen LogP contribution >= 0.6 is 22.9 Å². The molecule has 0 saturated carbocycles. The van der Waals surface area contributed by atoms with Crippen LogP contribution in [0.5, 0.6) is 0 Å². The van der Waals surface area contributed by atoms with E-state index in [2.05, 4.69) is 4.98 Å².